The molecule has 0 aliphatic heterocycles. The van der Waals surface area contributed by atoms with E-state index in [1.165, 1.54) is 12.1 Å². The van der Waals surface area contributed by atoms with Crippen LogP contribution in [0, 0.1) is 5.82 Å². The molecule has 0 amide bonds. The molecular formula is C13H19ClFNO3. The van der Waals surface area contributed by atoms with Crippen molar-refractivity contribution < 1.29 is 19.0 Å². The summed E-state index contributed by atoms with van der Waals surface area (Å²) in [4.78, 5) is 0. The summed E-state index contributed by atoms with van der Waals surface area (Å²) in [7, 11) is 1.59. The van der Waals surface area contributed by atoms with E-state index in [-0.39, 0.29) is 17.7 Å². The number of nitrogens with one attached hydrogen (secondary N) is 1. The number of hydrogen-bond acceptors (Lipinski definition) is 4. The van der Waals surface area contributed by atoms with Crippen LogP contribution in [0.3, 0.4) is 0 Å². The molecular weight excluding hydrogens is 273 g/mol. The van der Waals surface area contributed by atoms with Gasteiger partial charge in [-0.2, -0.15) is 0 Å². The molecule has 6 heteroatoms. The van der Waals surface area contributed by atoms with Gasteiger partial charge in [0.15, 0.2) is 0 Å². The van der Waals surface area contributed by atoms with Crippen LogP contribution < -0.4 is 5.32 Å². The van der Waals surface area contributed by atoms with Gasteiger partial charge >= 0.3 is 0 Å². The van der Waals surface area contributed by atoms with Crippen LogP contribution in [0.1, 0.15) is 6.92 Å². The molecule has 0 aromatic heterocycles. The average molecular weight is 292 g/mol. The van der Waals surface area contributed by atoms with Gasteiger partial charge < -0.3 is 19.9 Å². The maximum Gasteiger partial charge on any atom is 0.141 e. The minimum absolute atomic E-state index is 0.0458. The molecule has 0 radical (unpaired) electrons. The standard InChI is InChI=1S/C13H19ClFNO3/c1-9(7-18-2)19-8-11(17)6-16-10-3-4-13(15)12(14)5-10/h3-5,9,11,16-17H,6-8H2,1-2H3. The quantitative estimate of drug-likeness (QED) is 0.772. The molecule has 2 atom stereocenters. The van der Waals surface area contributed by atoms with Gasteiger partial charge in [-0.1, -0.05) is 11.6 Å². The molecule has 1 aromatic rings. The molecule has 4 nitrogen and oxygen atoms in total. The molecule has 108 valence electrons. The topological polar surface area (TPSA) is 50.7 Å². The number of halogens is 2. The number of rotatable bonds is 8. The fourth-order valence-electron chi connectivity index (χ4n) is 1.46. The Morgan fingerprint density at radius 3 is 2.79 bits per heavy atom. The Morgan fingerprint density at radius 2 is 2.16 bits per heavy atom. The van der Waals surface area contributed by atoms with Crippen molar-refractivity contribution in [2.24, 2.45) is 0 Å². The van der Waals surface area contributed by atoms with Gasteiger partial charge in [0.25, 0.3) is 0 Å². The second-order valence-electron chi connectivity index (χ2n) is 4.26. The zero-order chi connectivity index (χ0) is 14.3. The Bertz CT molecular complexity index is 392. The van der Waals surface area contributed by atoms with E-state index in [2.05, 4.69) is 5.32 Å². The van der Waals surface area contributed by atoms with Crippen molar-refractivity contribution >= 4 is 17.3 Å². The predicted molar refractivity (Wildman–Crippen MR) is 73.2 cm³/mol. The highest BCUT2D eigenvalue weighted by atomic mass is 35.5. The van der Waals surface area contributed by atoms with Crippen LogP contribution in [0.2, 0.25) is 5.02 Å². The molecule has 0 spiro atoms. The lowest BCUT2D eigenvalue weighted by molar-refractivity contribution is -0.0282. The highest BCUT2D eigenvalue weighted by Crippen LogP contribution is 2.19. The molecule has 0 saturated carbocycles. The number of hydrogen-bond donors (Lipinski definition) is 2. The van der Waals surface area contributed by atoms with E-state index in [1.54, 1.807) is 13.2 Å². The summed E-state index contributed by atoms with van der Waals surface area (Å²) in [6.07, 6.45) is -0.733. The predicted octanol–water partition coefficient (Wildman–Crippen LogP) is 2.30. The first kappa shape index (κ1) is 16.2. The number of methoxy groups -OCH3 is 1. The van der Waals surface area contributed by atoms with Crippen LogP contribution >= 0.6 is 11.6 Å². The molecule has 2 N–H and O–H groups in total. The van der Waals surface area contributed by atoms with Gasteiger partial charge in [-0.05, 0) is 25.1 Å². The zero-order valence-corrected chi connectivity index (χ0v) is 11.8. The highest BCUT2D eigenvalue weighted by molar-refractivity contribution is 6.31. The van der Waals surface area contributed by atoms with Crippen molar-refractivity contribution in [3.05, 3.63) is 29.0 Å². The van der Waals surface area contributed by atoms with Gasteiger partial charge in [-0.25, -0.2) is 4.39 Å². The lowest BCUT2D eigenvalue weighted by atomic mass is 10.3. The first-order chi connectivity index (χ1) is 9.02. The summed E-state index contributed by atoms with van der Waals surface area (Å²) in [6.45, 7) is 2.84. The van der Waals surface area contributed by atoms with Crippen LogP contribution in [-0.4, -0.2) is 44.2 Å². The third kappa shape index (κ3) is 6.20. The molecule has 0 aliphatic rings. The third-order valence-corrected chi connectivity index (χ3v) is 2.73. The Morgan fingerprint density at radius 1 is 1.42 bits per heavy atom. The Hall–Kier alpha value is -0.880. The maximum atomic E-state index is 12.9. The summed E-state index contributed by atoms with van der Waals surface area (Å²) in [6, 6.07) is 4.30. The molecule has 0 fully saturated rings. The first-order valence-electron chi connectivity index (χ1n) is 6.00. The Labute approximate surface area is 117 Å². The molecule has 1 rings (SSSR count). The summed E-state index contributed by atoms with van der Waals surface area (Å²) >= 11 is 5.65. The minimum Gasteiger partial charge on any atom is -0.389 e. The van der Waals surface area contributed by atoms with E-state index < -0.39 is 11.9 Å². The van der Waals surface area contributed by atoms with E-state index >= 15 is 0 Å². The second-order valence-corrected chi connectivity index (χ2v) is 4.67. The molecule has 1 aromatic carbocycles. The van der Waals surface area contributed by atoms with Gasteiger partial charge in [0.2, 0.25) is 0 Å². The summed E-state index contributed by atoms with van der Waals surface area (Å²) in [5, 5.41) is 12.7. The molecule has 0 heterocycles. The smallest absolute Gasteiger partial charge is 0.141 e. The van der Waals surface area contributed by atoms with Crippen LogP contribution in [0.15, 0.2) is 18.2 Å². The number of anilines is 1. The fraction of sp³-hybridized carbons (Fsp3) is 0.538. The molecule has 19 heavy (non-hydrogen) atoms. The van der Waals surface area contributed by atoms with Crippen LogP contribution in [-0.2, 0) is 9.47 Å². The normalized spacial score (nSPS) is 14.2. The number of aliphatic hydroxyl groups is 1. The summed E-state index contributed by atoms with van der Waals surface area (Å²) < 4.78 is 23.2. The zero-order valence-electron chi connectivity index (χ0n) is 11.0. The lowest BCUT2D eigenvalue weighted by Crippen LogP contribution is -2.28. The SMILES string of the molecule is COCC(C)OCC(O)CNc1ccc(F)c(Cl)c1. The molecule has 0 aliphatic carbocycles. The van der Waals surface area contributed by atoms with E-state index in [4.69, 9.17) is 21.1 Å². The van der Waals surface area contributed by atoms with Crippen LogP contribution in [0.4, 0.5) is 10.1 Å². The first-order valence-corrected chi connectivity index (χ1v) is 6.38. The average Bonchev–Trinajstić information content (AvgIpc) is 2.38. The molecule has 0 bridgehead atoms. The number of ether oxygens (including phenoxy) is 2. The fourth-order valence-corrected chi connectivity index (χ4v) is 1.64. The van der Waals surface area contributed by atoms with E-state index in [0.29, 0.717) is 18.8 Å². The van der Waals surface area contributed by atoms with Crippen molar-refractivity contribution in [1.29, 1.82) is 0 Å². The van der Waals surface area contributed by atoms with E-state index in [0.717, 1.165) is 0 Å². The van der Waals surface area contributed by atoms with Gasteiger partial charge in [-0.3, -0.25) is 0 Å². The van der Waals surface area contributed by atoms with Crippen LogP contribution in [0.25, 0.3) is 0 Å². The third-order valence-electron chi connectivity index (χ3n) is 2.44. The summed E-state index contributed by atoms with van der Waals surface area (Å²) in [5.41, 5.74) is 0.649. The van der Waals surface area contributed by atoms with Gasteiger partial charge in [0.1, 0.15) is 5.82 Å². The second kappa shape index (κ2) is 8.32. The van der Waals surface area contributed by atoms with Gasteiger partial charge in [0.05, 0.1) is 30.4 Å². The van der Waals surface area contributed by atoms with Crippen molar-refractivity contribution in [2.45, 2.75) is 19.1 Å². The van der Waals surface area contributed by atoms with E-state index in [9.17, 15) is 9.50 Å². The van der Waals surface area contributed by atoms with Crippen molar-refractivity contribution in [3.8, 4) is 0 Å². The number of benzene rings is 1. The number of aliphatic hydroxyl groups excluding tert-OH is 1. The minimum atomic E-state index is -0.664. The van der Waals surface area contributed by atoms with Crippen molar-refractivity contribution in [3.63, 3.8) is 0 Å². The van der Waals surface area contributed by atoms with Gasteiger partial charge in [-0.15, -0.1) is 0 Å². The van der Waals surface area contributed by atoms with Crippen molar-refractivity contribution in [2.75, 3.05) is 32.2 Å². The lowest BCUT2D eigenvalue weighted by Gasteiger charge is -2.16. The summed E-state index contributed by atoms with van der Waals surface area (Å²) in [5.74, 6) is -0.468. The van der Waals surface area contributed by atoms with Crippen molar-refractivity contribution in [1.82, 2.24) is 0 Å². The monoisotopic (exact) mass is 291 g/mol. The van der Waals surface area contributed by atoms with Crippen LogP contribution in [0.5, 0.6) is 0 Å². The van der Waals surface area contributed by atoms with Gasteiger partial charge in [0, 0.05) is 19.3 Å². The van der Waals surface area contributed by atoms with E-state index in [1.807, 2.05) is 6.92 Å². The molecule has 2 unspecified atom stereocenters. The largest absolute Gasteiger partial charge is 0.389 e. The maximum absolute atomic E-state index is 12.9. The highest BCUT2D eigenvalue weighted by Gasteiger charge is 2.08. The Kier molecular flexibility index (Phi) is 7.09. The molecule has 0 saturated heterocycles. The Balaban J connectivity index is 2.29.